The van der Waals surface area contributed by atoms with Crippen molar-refractivity contribution in [3.8, 4) is 0 Å². The van der Waals surface area contributed by atoms with Gasteiger partial charge in [-0.3, -0.25) is 4.72 Å². The van der Waals surface area contributed by atoms with Crippen LogP contribution in [-0.4, -0.2) is 38.0 Å². The van der Waals surface area contributed by atoms with Gasteiger partial charge in [0.05, 0.1) is 10.6 Å². The molecule has 0 saturated carbocycles. The average Bonchev–Trinajstić information content (AvgIpc) is 3.21. The van der Waals surface area contributed by atoms with Gasteiger partial charge in [-0.1, -0.05) is 17.4 Å². The third kappa shape index (κ3) is 4.41. The van der Waals surface area contributed by atoms with Crippen molar-refractivity contribution in [2.24, 2.45) is 0 Å². The zero-order chi connectivity index (χ0) is 24.8. The van der Waals surface area contributed by atoms with Crippen LogP contribution in [0.1, 0.15) is 5.56 Å². The Balaban J connectivity index is 1.75. The van der Waals surface area contributed by atoms with E-state index in [1.807, 2.05) is 4.72 Å². The first kappa shape index (κ1) is 23.8. The summed E-state index contributed by atoms with van der Waals surface area (Å²) in [4.78, 5) is 11.4. The van der Waals surface area contributed by atoms with Gasteiger partial charge in [-0.25, -0.2) is 45.0 Å². The summed E-state index contributed by atoms with van der Waals surface area (Å²) in [5.74, 6) is -3.38. The molecule has 0 saturated heterocycles. The third-order valence-electron chi connectivity index (χ3n) is 4.58. The van der Waals surface area contributed by atoms with Crippen LogP contribution in [0.15, 0.2) is 45.9 Å². The highest BCUT2D eigenvalue weighted by Crippen LogP contribution is 2.33. The molecule has 178 valence electrons. The van der Waals surface area contributed by atoms with E-state index in [9.17, 15) is 25.6 Å². The van der Waals surface area contributed by atoms with Crippen LogP contribution in [0.5, 0.6) is 0 Å². The van der Waals surface area contributed by atoms with E-state index in [0.29, 0.717) is 0 Å². The molecule has 0 amide bonds. The van der Waals surface area contributed by atoms with Gasteiger partial charge in [-0.15, -0.1) is 0 Å². The standard InChI is InChI=1S/C19H14F3N5O4S3/c1-9-10(20)4-3-5-13(9)34(30,31)27-12-7-6-11(21)15(14(12)22)25-17-16-18(24-8-23-17)32-19(26-16)33(2,28)29/h3-8,27H,1-2H3,(H,23,24,25). The molecule has 2 aromatic carbocycles. The number of sulfone groups is 1. The zero-order valence-electron chi connectivity index (χ0n) is 17.3. The van der Waals surface area contributed by atoms with E-state index in [2.05, 4.69) is 20.3 Å². The lowest BCUT2D eigenvalue weighted by molar-refractivity contribution is 0.585. The van der Waals surface area contributed by atoms with Crippen molar-refractivity contribution in [3.05, 3.63) is 59.7 Å². The van der Waals surface area contributed by atoms with Crippen molar-refractivity contribution in [3.63, 3.8) is 0 Å². The maximum Gasteiger partial charge on any atom is 0.262 e. The average molecular weight is 530 g/mol. The largest absolute Gasteiger partial charge is 0.333 e. The molecule has 0 spiro atoms. The van der Waals surface area contributed by atoms with E-state index in [1.54, 1.807) is 0 Å². The van der Waals surface area contributed by atoms with Crippen LogP contribution in [0.25, 0.3) is 10.3 Å². The predicted octanol–water partition coefficient (Wildman–Crippen LogP) is 3.76. The fourth-order valence-corrected chi connectivity index (χ4v) is 5.98. The Hall–Kier alpha value is -3.30. The second kappa shape index (κ2) is 8.48. The van der Waals surface area contributed by atoms with Gasteiger partial charge in [0, 0.05) is 11.8 Å². The van der Waals surface area contributed by atoms with Crippen molar-refractivity contribution >= 4 is 58.7 Å². The fraction of sp³-hybridized carbons (Fsp3) is 0.105. The van der Waals surface area contributed by atoms with Crippen molar-refractivity contribution in [1.82, 2.24) is 15.0 Å². The summed E-state index contributed by atoms with van der Waals surface area (Å²) in [6.45, 7) is 1.25. The molecule has 9 nitrogen and oxygen atoms in total. The Kier molecular flexibility index (Phi) is 5.95. The molecule has 0 bridgehead atoms. The summed E-state index contributed by atoms with van der Waals surface area (Å²) in [6.07, 6.45) is 1.99. The number of nitrogens with zero attached hydrogens (tertiary/aromatic N) is 3. The van der Waals surface area contributed by atoms with Crippen molar-refractivity contribution in [1.29, 1.82) is 0 Å². The Morgan fingerprint density at radius 2 is 1.71 bits per heavy atom. The van der Waals surface area contributed by atoms with Gasteiger partial charge in [0.25, 0.3) is 10.0 Å². The van der Waals surface area contributed by atoms with Crippen LogP contribution in [0.3, 0.4) is 0 Å². The summed E-state index contributed by atoms with van der Waals surface area (Å²) < 4.78 is 94.2. The molecule has 0 radical (unpaired) electrons. The maximum absolute atomic E-state index is 15.2. The minimum absolute atomic E-state index is 0.0481. The minimum Gasteiger partial charge on any atom is -0.333 e. The number of nitrogens with one attached hydrogen (secondary N) is 2. The van der Waals surface area contributed by atoms with Gasteiger partial charge in [0.2, 0.25) is 14.2 Å². The fourth-order valence-electron chi connectivity index (χ4n) is 2.93. The van der Waals surface area contributed by atoms with Gasteiger partial charge in [-0.2, -0.15) is 0 Å². The molecule has 4 rings (SSSR count). The minimum atomic E-state index is -4.42. The van der Waals surface area contributed by atoms with Crippen LogP contribution in [0.2, 0.25) is 0 Å². The Morgan fingerprint density at radius 3 is 2.41 bits per heavy atom. The Labute approximate surface area is 195 Å². The lowest BCUT2D eigenvalue weighted by Gasteiger charge is -2.14. The number of anilines is 3. The zero-order valence-corrected chi connectivity index (χ0v) is 19.7. The van der Waals surface area contributed by atoms with Gasteiger partial charge >= 0.3 is 0 Å². The lowest BCUT2D eigenvalue weighted by Crippen LogP contribution is -2.16. The smallest absolute Gasteiger partial charge is 0.262 e. The molecule has 34 heavy (non-hydrogen) atoms. The summed E-state index contributed by atoms with van der Waals surface area (Å²) >= 11 is 0.748. The van der Waals surface area contributed by atoms with Crippen LogP contribution in [0.4, 0.5) is 30.4 Å². The highest BCUT2D eigenvalue weighted by molar-refractivity contribution is 7.93. The predicted molar refractivity (Wildman–Crippen MR) is 120 cm³/mol. The van der Waals surface area contributed by atoms with Crippen LogP contribution in [0, 0.1) is 24.4 Å². The summed E-state index contributed by atoms with van der Waals surface area (Å²) in [7, 11) is -8.09. The quantitative estimate of drug-likeness (QED) is 0.386. The van der Waals surface area contributed by atoms with Gasteiger partial charge in [0.15, 0.2) is 11.6 Å². The van der Waals surface area contributed by atoms with E-state index < -0.39 is 53.6 Å². The van der Waals surface area contributed by atoms with Gasteiger partial charge < -0.3 is 5.32 Å². The van der Waals surface area contributed by atoms with Crippen molar-refractivity contribution < 1.29 is 30.0 Å². The maximum atomic E-state index is 15.2. The van der Waals surface area contributed by atoms with E-state index >= 15 is 4.39 Å². The highest BCUT2D eigenvalue weighted by Gasteiger charge is 2.24. The molecule has 0 fully saturated rings. The van der Waals surface area contributed by atoms with Gasteiger partial charge in [-0.05, 0) is 31.2 Å². The molecule has 0 atom stereocenters. The monoisotopic (exact) mass is 529 g/mol. The van der Waals surface area contributed by atoms with Crippen molar-refractivity contribution in [2.75, 3.05) is 16.3 Å². The second-order valence-electron chi connectivity index (χ2n) is 7.01. The normalized spacial score (nSPS) is 12.1. The molecular formula is C19H14F3N5O4S3. The molecule has 2 aromatic heterocycles. The SMILES string of the molecule is Cc1c(F)cccc1S(=O)(=O)Nc1ccc(F)c(Nc2ncnc3sc(S(C)(=O)=O)nc23)c1F. The van der Waals surface area contributed by atoms with Crippen LogP contribution in [-0.2, 0) is 19.9 Å². The molecule has 0 aliphatic rings. The molecular weight excluding hydrogens is 515 g/mol. The number of hydrogen-bond acceptors (Lipinski definition) is 9. The summed E-state index contributed by atoms with van der Waals surface area (Å²) in [5.41, 5.74) is -1.62. The first-order valence-electron chi connectivity index (χ1n) is 9.23. The molecule has 0 aliphatic carbocycles. The number of aromatic nitrogens is 3. The number of fused-ring (bicyclic) bond motifs is 1. The number of rotatable bonds is 6. The van der Waals surface area contributed by atoms with E-state index in [0.717, 1.165) is 48.2 Å². The highest BCUT2D eigenvalue weighted by atomic mass is 32.2. The molecule has 2 N–H and O–H groups in total. The third-order valence-corrected chi connectivity index (χ3v) is 8.73. The Morgan fingerprint density at radius 1 is 0.971 bits per heavy atom. The molecule has 2 heterocycles. The van der Waals surface area contributed by atoms with Crippen molar-refractivity contribution in [2.45, 2.75) is 16.2 Å². The van der Waals surface area contributed by atoms with Crippen LogP contribution < -0.4 is 10.0 Å². The molecule has 4 aromatic rings. The van der Waals surface area contributed by atoms with E-state index in [1.165, 1.54) is 13.0 Å². The Bertz CT molecular complexity index is 1660. The summed E-state index contributed by atoms with van der Waals surface area (Å²) in [5, 5.41) is 2.39. The molecule has 15 heteroatoms. The molecule has 0 unspecified atom stereocenters. The van der Waals surface area contributed by atoms with Crippen LogP contribution >= 0.6 is 11.3 Å². The number of benzene rings is 2. The van der Waals surface area contributed by atoms with Gasteiger partial charge in [0.1, 0.15) is 34.0 Å². The number of sulfonamides is 1. The van der Waals surface area contributed by atoms with E-state index in [-0.39, 0.29) is 26.1 Å². The van der Waals surface area contributed by atoms with E-state index in [4.69, 9.17) is 0 Å². The summed E-state index contributed by atoms with van der Waals surface area (Å²) in [6, 6.07) is 5.07. The first-order valence-corrected chi connectivity index (χ1v) is 13.4. The lowest BCUT2D eigenvalue weighted by atomic mass is 10.2. The topological polar surface area (TPSA) is 131 Å². The number of halogens is 3. The second-order valence-corrected chi connectivity index (χ2v) is 11.8. The number of thiazole rings is 1. The number of hydrogen-bond donors (Lipinski definition) is 2. The first-order chi connectivity index (χ1) is 15.9. The molecule has 0 aliphatic heterocycles.